The second-order valence-corrected chi connectivity index (χ2v) is 5.37. The SMILES string of the molecule is CC(C)c1ccc(OCC(=O)Nc2cccc([N+](=O)[O-])c2)cc1. The van der Waals surface area contributed by atoms with E-state index in [1.807, 2.05) is 24.3 Å². The molecule has 0 unspecified atom stereocenters. The molecule has 6 heteroatoms. The Bertz CT molecular complexity index is 696. The molecule has 120 valence electrons. The van der Waals surface area contributed by atoms with Crippen molar-refractivity contribution in [3.8, 4) is 5.75 Å². The highest BCUT2D eigenvalue weighted by Crippen LogP contribution is 2.19. The zero-order valence-corrected chi connectivity index (χ0v) is 13.0. The normalized spacial score (nSPS) is 10.4. The summed E-state index contributed by atoms with van der Waals surface area (Å²) >= 11 is 0. The smallest absolute Gasteiger partial charge is 0.271 e. The molecule has 0 heterocycles. The van der Waals surface area contributed by atoms with Crippen molar-refractivity contribution >= 4 is 17.3 Å². The van der Waals surface area contributed by atoms with Crippen LogP contribution < -0.4 is 10.1 Å². The van der Waals surface area contributed by atoms with Crippen LogP contribution in [0.15, 0.2) is 48.5 Å². The summed E-state index contributed by atoms with van der Waals surface area (Å²) in [5.41, 5.74) is 1.48. The lowest BCUT2D eigenvalue weighted by Crippen LogP contribution is -2.20. The molecular formula is C17H18N2O4. The van der Waals surface area contributed by atoms with Gasteiger partial charge in [-0.25, -0.2) is 0 Å². The summed E-state index contributed by atoms with van der Waals surface area (Å²) in [5.74, 6) is 0.656. The van der Waals surface area contributed by atoms with Crippen molar-refractivity contribution in [2.24, 2.45) is 0 Å². The number of carbonyl (C=O) groups excluding carboxylic acids is 1. The molecule has 0 aliphatic heterocycles. The third kappa shape index (κ3) is 4.81. The lowest BCUT2D eigenvalue weighted by Gasteiger charge is -2.09. The Kier molecular flexibility index (Phi) is 5.30. The molecule has 0 fully saturated rings. The molecule has 0 bridgehead atoms. The molecule has 0 spiro atoms. The Hall–Kier alpha value is -2.89. The van der Waals surface area contributed by atoms with Crippen LogP contribution in [0.1, 0.15) is 25.3 Å². The van der Waals surface area contributed by atoms with E-state index in [2.05, 4.69) is 19.2 Å². The topological polar surface area (TPSA) is 81.5 Å². The molecule has 0 aliphatic carbocycles. The van der Waals surface area contributed by atoms with Crippen LogP contribution in [-0.2, 0) is 4.79 Å². The lowest BCUT2D eigenvalue weighted by atomic mass is 10.0. The van der Waals surface area contributed by atoms with E-state index in [0.29, 0.717) is 17.4 Å². The first-order chi connectivity index (χ1) is 11.0. The van der Waals surface area contributed by atoms with E-state index in [9.17, 15) is 14.9 Å². The van der Waals surface area contributed by atoms with Gasteiger partial charge in [-0.05, 0) is 29.7 Å². The Morgan fingerprint density at radius 2 is 1.91 bits per heavy atom. The van der Waals surface area contributed by atoms with E-state index in [1.165, 1.54) is 23.8 Å². The van der Waals surface area contributed by atoms with E-state index >= 15 is 0 Å². The van der Waals surface area contributed by atoms with Gasteiger partial charge in [0.15, 0.2) is 6.61 Å². The second-order valence-electron chi connectivity index (χ2n) is 5.37. The minimum Gasteiger partial charge on any atom is -0.484 e. The summed E-state index contributed by atoms with van der Waals surface area (Å²) in [4.78, 5) is 22.0. The molecular weight excluding hydrogens is 296 g/mol. The maximum absolute atomic E-state index is 11.8. The van der Waals surface area contributed by atoms with Gasteiger partial charge >= 0.3 is 0 Å². The number of non-ortho nitro benzene ring substituents is 1. The van der Waals surface area contributed by atoms with Crippen LogP contribution in [0, 0.1) is 10.1 Å². The fourth-order valence-corrected chi connectivity index (χ4v) is 1.99. The number of nitrogens with zero attached hydrogens (tertiary/aromatic N) is 1. The summed E-state index contributed by atoms with van der Waals surface area (Å²) in [6.07, 6.45) is 0. The van der Waals surface area contributed by atoms with Crippen LogP contribution in [0.3, 0.4) is 0 Å². The van der Waals surface area contributed by atoms with Crippen LogP contribution in [0.25, 0.3) is 0 Å². The third-order valence-electron chi connectivity index (χ3n) is 3.26. The number of hydrogen-bond donors (Lipinski definition) is 1. The summed E-state index contributed by atoms with van der Waals surface area (Å²) in [7, 11) is 0. The zero-order valence-electron chi connectivity index (χ0n) is 13.0. The molecule has 2 aromatic rings. The van der Waals surface area contributed by atoms with Gasteiger partial charge in [0.25, 0.3) is 11.6 Å². The molecule has 2 rings (SSSR count). The second kappa shape index (κ2) is 7.40. The van der Waals surface area contributed by atoms with E-state index in [-0.39, 0.29) is 18.2 Å². The van der Waals surface area contributed by atoms with Crippen LogP contribution >= 0.6 is 0 Å². The maximum atomic E-state index is 11.8. The molecule has 0 radical (unpaired) electrons. The van der Waals surface area contributed by atoms with Gasteiger partial charge in [0, 0.05) is 17.8 Å². The minimum atomic E-state index is -0.511. The first kappa shape index (κ1) is 16.5. The average molecular weight is 314 g/mol. The molecule has 0 saturated heterocycles. The summed E-state index contributed by atoms with van der Waals surface area (Å²) in [6.45, 7) is 4.04. The van der Waals surface area contributed by atoms with Crippen LogP contribution in [-0.4, -0.2) is 17.4 Å². The molecule has 6 nitrogen and oxygen atoms in total. The predicted molar refractivity (Wildman–Crippen MR) is 87.8 cm³/mol. The fourth-order valence-electron chi connectivity index (χ4n) is 1.99. The number of benzene rings is 2. The summed E-state index contributed by atoms with van der Waals surface area (Å²) in [6, 6.07) is 13.3. The average Bonchev–Trinajstić information content (AvgIpc) is 2.53. The third-order valence-corrected chi connectivity index (χ3v) is 3.26. The monoisotopic (exact) mass is 314 g/mol. The van der Waals surface area contributed by atoms with Crippen molar-refractivity contribution in [3.63, 3.8) is 0 Å². The summed E-state index contributed by atoms with van der Waals surface area (Å²) < 4.78 is 5.41. The number of nitrogens with one attached hydrogen (secondary N) is 1. The largest absolute Gasteiger partial charge is 0.484 e. The van der Waals surface area contributed by atoms with Gasteiger partial charge in [0.1, 0.15) is 5.75 Å². The van der Waals surface area contributed by atoms with Crippen molar-refractivity contribution in [2.75, 3.05) is 11.9 Å². The van der Waals surface area contributed by atoms with Gasteiger partial charge in [-0.15, -0.1) is 0 Å². The number of hydrogen-bond acceptors (Lipinski definition) is 4. The van der Waals surface area contributed by atoms with Crippen molar-refractivity contribution in [3.05, 3.63) is 64.2 Å². The van der Waals surface area contributed by atoms with Gasteiger partial charge in [-0.3, -0.25) is 14.9 Å². The van der Waals surface area contributed by atoms with E-state index in [0.717, 1.165) is 0 Å². The molecule has 23 heavy (non-hydrogen) atoms. The van der Waals surface area contributed by atoms with Gasteiger partial charge in [0.2, 0.25) is 0 Å². The van der Waals surface area contributed by atoms with Crippen LogP contribution in [0.4, 0.5) is 11.4 Å². The highest BCUT2D eigenvalue weighted by atomic mass is 16.6. The standard InChI is InChI=1S/C17H18N2O4/c1-12(2)13-6-8-16(9-7-13)23-11-17(20)18-14-4-3-5-15(10-14)19(21)22/h3-10,12H,11H2,1-2H3,(H,18,20). The van der Waals surface area contributed by atoms with E-state index in [4.69, 9.17) is 4.74 Å². The molecule has 2 aromatic carbocycles. The molecule has 0 aromatic heterocycles. The first-order valence-corrected chi connectivity index (χ1v) is 7.23. The Balaban J connectivity index is 1.90. The Morgan fingerprint density at radius 3 is 2.52 bits per heavy atom. The number of rotatable bonds is 6. The van der Waals surface area contributed by atoms with Crippen LogP contribution in [0.2, 0.25) is 0 Å². The van der Waals surface area contributed by atoms with Crippen molar-refractivity contribution in [1.29, 1.82) is 0 Å². The maximum Gasteiger partial charge on any atom is 0.271 e. The molecule has 1 N–H and O–H groups in total. The molecule has 0 aliphatic rings. The highest BCUT2D eigenvalue weighted by Gasteiger charge is 2.09. The van der Waals surface area contributed by atoms with Crippen molar-refractivity contribution in [1.82, 2.24) is 0 Å². The Morgan fingerprint density at radius 1 is 1.22 bits per heavy atom. The lowest BCUT2D eigenvalue weighted by molar-refractivity contribution is -0.384. The number of anilines is 1. The molecule has 1 amide bonds. The highest BCUT2D eigenvalue weighted by molar-refractivity contribution is 5.92. The number of nitro groups is 1. The fraction of sp³-hybridized carbons (Fsp3) is 0.235. The minimum absolute atomic E-state index is 0.0759. The van der Waals surface area contributed by atoms with Crippen molar-refractivity contribution < 1.29 is 14.5 Å². The number of ether oxygens (including phenoxy) is 1. The number of carbonyl (C=O) groups is 1. The van der Waals surface area contributed by atoms with Gasteiger partial charge in [-0.2, -0.15) is 0 Å². The first-order valence-electron chi connectivity index (χ1n) is 7.23. The number of amides is 1. The van der Waals surface area contributed by atoms with Gasteiger partial charge in [0.05, 0.1) is 4.92 Å². The predicted octanol–water partition coefficient (Wildman–Crippen LogP) is 3.74. The quantitative estimate of drug-likeness (QED) is 0.650. The van der Waals surface area contributed by atoms with Crippen molar-refractivity contribution in [2.45, 2.75) is 19.8 Å². The Labute approximate surface area is 134 Å². The molecule has 0 saturated carbocycles. The zero-order chi connectivity index (χ0) is 16.8. The van der Waals surface area contributed by atoms with E-state index in [1.54, 1.807) is 6.07 Å². The van der Waals surface area contributed by atoms with Gasteiger partial charge < -0.3 is 10.1 Å². The van der Waals surface area contributed by atoms with Crippen LogP contribution in [0.5, 0.6) is 5.75 Å². The van der Waals surface area contributed by atoms with Gasteiger partial charge in [-0.1, -0.05) is 32.0 Å². The summed E-state index contributed by atoms with van der Waals surface area (Å²) in [5, 5.41) is 13.3. The molecule has 0 atom stereocenters. The number of nitro benzene ring substituents is 1. The van der Waals surface area contributed by atoms with E-state index < -0.39 is 4.92 Å².